The molecule has 0 amide bonds. The number of fused-ring (bicyclic) bond motifs is 1. The van der Waals surface area contributed by atoms with Gasteiger partial charge in [0.1, 0.15) is 17.0 Å². The van der Waals surface area contributed by atoms with Crippen LogP contribution in [-0.2, 0) is 12.8 Å². The number of ether oxygens (including phenoxy) is 1. The van der Waals surface area contributed by atoms with E-state index in [1.165, 1.54) is 11.1 Å². The first-order chi connectivity index (χ1) is 11.8. The summed E-state index contributed by atoms with van der Waals surface area (Å²) in [5.41, 5.74) is 3.44. The summed E-state index contributed by atoms with van der Waals surface area (Å²) in [4.78, 5) is 13.0. The Kier molecular flexibility index (Phi) is 4.13. The number of pyridine rings is 1. The Morgan fingerprint density at radius 1 is 1.00 bits per heavy atom. The maximum atomic E-state index is 6.14. The first kappa shape index (κ1) is 15.1. The maximum Gasteiger partial charge on any atom is 0.218 e. The molecule has 4 nitrogen and oxygen atoms in total. The Labute approximate surface area is 145 Å². The molecule has 0 fully saturated rings. The van der Waals surface area contributed by atoms with Gasteiger partial charge in [-0.05, 0) is 36.1 Å². The molecule has 1 atom stereocenters. The molecule has 0 saturated carbocycles. The van der Waals surface area contributed by atoms with Crippen molar-refractivity contribution in [3.05, 3.63) is 71.0 Å². The minimum absolute atomic E-state index is 0.0995. The highest BCUT2D eigenvalue weighted by molar-refractivity contribution is 6.29. The van der Waals surface area contributed by atoms with Gasteiger partial charge in [0.25, 0.3) is 0 Å². The molecule has 1 aliphatic carbocycles. The standard InChI is InChI=1S/C19H16ClN3O/c20-17-12-18(23-19(22-17)16-7-3-4-10-21-16)24-15-9-8-13-5-1-2-6-14(13)11-15/h1-7,10,12,15H,8-9,11H2. The average Bonchev–Trinajstić information content (AvgIpc) is 2.62. The van der Waals surface area contributed by atoms with Crippen LogP contribution >= 0.6 is 11.6 Å². The lowest BCUT2D eigenvalue weighted by molar-refractivity contribution is 0.177. The highest BCUT2D eigenvalue weighted by Crippen LogP contribution is 2.26. The molecule has 1 aliphatic rings. The largest absolute Gasteiger partial charge is 0.474 e. The van der Waals surface area contributed by atoms with Gasteiger partial charge in [-0.3, -0.25) is 4.98 Å². The number of nitrogens with zero attached hydrogens (tertiary/aromatic N) is 3. The van der Waals surface area contributed by atoms with Gasteiger partial charge < -0.3 is 4.74 Å². The fraction of sp³-hybridized carbons (Fsp3) is 0.211. The second-order valence-electron chi connectivity index (χ2n) is 5.82. The van der Waals surface area contributed by atoms with E-state index >= 15 is 0 Å². The molecular formula is C19H16ClN3O. The zero-order valence-corrected chi connectivity index (χ0v) is 13.8. The molecule has 0 radical (unpaired) electrons. The first-order valence-corrected chi connectivity index (χ1v) is 8.35. The molecule has 0 aliphatic heterocycles. The van der Waals surface area contributed by atoms with E-state index in [9.17, 15) is 0 Å². The monoisotopic (exact) mass is 337 g/mol. The molecule has 1 unspecified atom stereocenters. The SMILES string of the molecule is Clc1cc(OC2CCc3ccccc3C2)nc(-c2ccccn2)n1. The van der Waals surface area contributed by atoms with Crippen molar-refractivity contribution in [2.75, 3.05) is 0 Å². The summed E-state index contributed by atoms with van der Waals surface area (Å²) in [5, 5.41) is 0.358. The van der Waals surface area contributed by atoms with E-state index in [1.807, 2.05) is 18.2 Å². The third-order valence-electron chi connectivity index (χ3n) is 4.15. The summed E-state index contributed by atoms with van der Waals surface area (Å²) in [5.74, 6) is 0.981. The molecule has 1 aromatic carbocycles. The normalized spacial score (nSPS) is 16.5. The van der Waals surface area contributed by atoms with Crippen LogP contribution in [0.15, 0.2) is 54.7 Å². The summed E-state index contributed by atoms with van der Waals surface area (Å²) in [6.07, 6.45) is 4.68. The summed E-state index contributed by atoms with van der Waals surface area (Å²) in [6.45, 7) is 0. The van der Waals surface area contributed by atoms with Crippen LogP contribution in [0.3, 0.4) is 0 Å². The second-order valence-corrected chi connectivity index (χ2v) is 6.21. The summed E-state index contributed by atoms with van der Waals surface area (Å²) in [7, 11) is 0. The predicted molar refractivity (Wildman–Crippen MR) is 93.2 cm³/mol. The van der Waals surface area contributed by atoms with Crippen LogP contribution < -0.4 is 4.74 Å². The molecule has 24 heavy (non-hydrogen) atoms. The van der Waals surface area contributed by atoms with Crippen molar-refractivity contribution in [2.45, 2.75) is 25.4 Å². The van der Waals surface area contributed by atoms with Crippen molar-refractivity contribution in [1.82, 2.24) is 15.0 Å². The van der Waals surface area contributed by atoms with E-state index in [0.29, 0.717) is 22.6 Å². The zero-order valence-electron chi connectivity index (χ0n) is 13.0. The summed E-state index contributed by atoms with van der Waals surface area (Å²) in [6, 6.07) is 15.8. The number of benzene rings is 1. The minimum Gasteiger partial charge on any atom is -0.474 e. The Morgan fingerprint density at radius 3 is 2.67 bits per heavy atom. The smallest absolute Gasteiger partial charge is 0.218 e. The molecule has 3 aromatic rings. The fourth-order valence-electron chi connectivity index (χ4n) is 3.00. The van der Waals surface area contributed by atoms with E-state index in [4.69, 9.17) is 16.3 Å². The van der Waals surface area contributed by atoms with E-state index < -0.39 is 0 Å². The van der Waals surface area contributed by atoms with Gasteiger partial charge in [0.15, 0.2) is 5.82 Å². The summed E-state index contributed by atoms with van der Waals surface area (Å²) >= 11 is 6.14. The minimum atomic E-state index is 0.0995. The van der Waals surface area contributed by atoms with Crippen LogP contribution in [0.2, 0.25) is 5.15 Å². The molecular weight excluding hydrogens is 322 g/mol. The molecule has 2 aromatic heterocycles. The van der Waals surface area contributed by atoms with Gasteiger partial charge in [0, 0.05) is 18.7 Å². The van der Waals surface area contributed by atoms with Crippen LogP contribution in [0.4, 0.5) is 0 Å². The molecule has 120 valence electrons. The Hall–Kier alpha value is -2.46. The van der Waals surface area contributed by atoms with Gasteiger partial charge in [-0.15, -0.1) is 0 Å². The maximum absolute atomic E-state index is 6.14. The third kappa shape index (κ3) is 3.24. The van der Waals surface area contributed by atoms with E-state index in [2.05, 4.69) is 39.2 Å². The molecule has 0 N–H and O–H groups in total. The molecule has 0 bridgehead atoms. The third-order valence-corrected chi connectivity index (χ3v) is 4.35. The first-order valence-electron chi connectivity index (χ1n) is 7.97. The van der Waals surface area contributed by atoms with Crippen molar-refractivity contribution < 1.29 is 4.74 Å². The van der Waals surface area contributed by atoms with Crippen molar-refractivity contribution in [2.24, 2.45) is 0 Å². The topological polar surface area (TPSA) is 47.9 Å². The van der Waals surface area contributed by atoms with Crippen molar-refractivity contribution >= 4 is 11.6 Å². The fourth-order valence-corrected chi connectivity index (χ4v) is 3.18. The molecule has 4 rings (SSSR count). The highest BCUT2D eigenvalue weighted by Gasteiger charge is 2.20. The number of aryl methyl sites for hydroxylation is 1. The zero-order chi connectivity index (χ0) is 16.4. The van der Waals surface area contributed by atoms with E-state index in [1.54, 1.807) is 12.3 Å². The van der Waals surface area contributed by atoms with Gasteiger partial charge in [0.05, 0.1) is 0 Å². The van der Waals surface area contributed by atoms with Gasteiger partial charge in [-0.2, -0.15) is 4.98 Å². The Balaban J connectivity index is 1.56. The van der Waals surface area contributed by atoms with Crippen LogP contribution in [-0.4, -0.2) is 21.1 Å². The van der Waals surface area contributed by atoms with Crippen LogP contribution in [0.25, 0.3) is 11.5 Å². The van der Waals surface area contributed by atoms with Crippen molar-refractivity contribution in [3.63, 3.8) is 0 Å². The number of aromatic nitrogens is 3. The number of hydrogen-bond acceptors (Lipinski definition) is 4. The van der Waals surface area contributed by atoms with E-state index in [-0.39, 0.29) is 6.10 Å². The van der Waals surface area contributed by atoms with Gasteiger partial charge in [-0.1, -0.05) is 41.9 Å². The lowest BCUT2D eigenvalue weighted by Gasteiger charge is -2.25. The average molecular weight is 338 g/mol. The lowest BCUT2D eigenvalue weighted by Crippen LogP contribution is -2.25. The Morgan fingerprint density at radius 2 is 1.83 bits per heavy atom. The van der Waals surface area contributed by atoms with Crippen LogP contribution in [0.1, 0.15) is 17.5 Å². The van der Waals surface area contributed by atoms with Crippen molar-refractivity contribution in [1.29, 1.82) is 0 Å². The second kappa shape index (κ2) is 6.57. The molecule has 2 heterocycles. The molecule has 0 saturated heterocycles. The van der Waals surface area contributed by atoms with Crippen molar-refractivity contribution in [3.8, 4) is 17.4 Å². The Bertz CT molecular complexity index is 854. The van der Waals surface area contributed by atoms with Gasteiger partial charge in [-0.25, -0.2) is 4.98 Å². The quantitative estimate of drug-likeness (QED) is 0.674. The summed E-state index contributed by atoms with van der Waals surface area (Å²) < 4.78 is 6.09. The number of hydrogen-bond donors (Lipinski definition) is 0. The highest BCUT2D eigenvalue weighted by atomic mass is 35.5. The van der Waals surface area contributed by atoms with Gasteiger partial charge in [0.2, 0.25) is 5.88 Å². The number of halogens is 1. The van der Waals surface area contributed by atoms with Crippen LogP contribution in [0, 0.1) is 0 Å². The molecule has 0 spiro atoms. The molecule has 5 heteroatoms. The van der Waals surface area contributed by atoms with Gasteiger partial charge >= 0.3 is 0 Å². The van der Waals surface area contributed by atoms with Crippen LogP contribution in [0.5, 0.6) is 5.88 Å². The lowest BCUT2D eigenvalue weighted by atomic mass is 9.90. The predicted octanol–water partition coefficient (Wildman–Crippen LogP) is 4.13. The number of rotatable bonds is 3. The van der Waals surface area contributed by atoms with E-state index in [0.717, 1.165) is 19.3 Å².